The van der Waals surface area contributed by atoms with E-state index in [4.69, 9.17) is 25.6 Å². The van der Waals surface area contributed by atoms with E-state index in [1.54, 1.807) is 19.3 Å². The average molecular weight is 493 g/mol. The Morgan fingerprint density at radius 1 is 1.14 bits per heavy atom. The van der Waals surface area contributed by atoms with Crippen LogP contribution in [0.5, 0.6) is 11.5 Å². The summed E-state index contributed by atoms with van der Waals surface area (Å²) >= 11 is 6.07. The fraction of sp³-hybridized carbons (Fsp3) is 0.269. The number of fused-ring (bicyclic) bond motifs is 1. The Bertz CT molecular complexity index is 1260. The third-order valence-corrected chi connectivity index (χ3v) is 6.24. The van der Waals surface area contributed by atoms with Crippen molar-refractivity contribution in [3.05, 3.63) is 76.7 Å². The minimum atomic E-state index is -0.0120. The van der Waals surface area contributed by atoms with Gasteiger partial charge in [0.25, 0.3) is 0 Å². The first-order valence-corrected chi connectivity index (χ1v) is 11.7. The molecule has 1 aromatic heterocycles. The number of benzene rings is 2. The van der Waals surface area contributed by atoms with Gasteiger partial charge in [-0.25, -0.2) is 0 Å². The molecule has 35 heavy (non-hydrogen) atoms. The maximum absolute atomic E-state index is 12.7. The normalized spacial score (nSPS) is 16.1. The molecule has 0 spiro atoms. The number of aromatic nitrogens is 2. The van der Waals surface area contributed by atoms with Gasteiger partial charge in [0.15, 0.2) is 0 Å². The molecule has 2 aliphatic heterocycles. The van der Waals surface area contributed by atoms with Crippen molar-refractivity contribution in [3.8, 4) is 22.9 Å². The smallest absolute Gasteiger partial charge is 0.246 e. The number of carbonyl (C=O) groups is 1. The van der Waals surface area contributed by atoms with Gasteiger partial charge in [-0.15, -0.1) is 0 Å². The highest BCUT2D eigenvalue weighted by Crippen LogP contribution is 2.29. The quantitative estimate of drug-likeness (QED) is 0.480. The molecule has 2 aromatic carbocycles. The highest BCUT2D eigenvalue weighted by Gasteiger charge is 2.22. The Kier molecular flexibility index (Phi) is 6.83. The number of hydrogen-bond donors (Lipinski definition) is 0. The Balaban J connectivity index is 1.12. The molecule has 3 aromatic rings. The van der Waals surface area contributed by atoms with E-state index in [2.05, 4.69) is 15.0 Å². The van der Waals surface area contributed by atoms with E-state index in [0.29, 0.717) is 43.0 Å². The van der Waals surface area contributed by atoms with Gasteiger partial charge in [-0.2, -0.15) is 4.98 Å². The van der Waals surface area contributed by atoms with Crippen LogP contribution in [0.2, 0.25) is 5.02 Å². The SMILES string of the molecule is COc1ccc(-c2noc(CN3CCN(C(=O)/C=C/C4=Cc5cc(Cl)ccc5OC4)CC3)n2)cc1. The molecular weight excluding hydrogens is 468 g/mol. The summed E-state index contributed by atoms with van der Waals surface area (Å²) < 4.78 is 16.4. The third kappa shape index (κ3) is 5.55. The van der Waals surface area contributed by atoms with Crippen molar-refractivity contribution in [2.75, 3.05) is 39.9 Å². The molecule has 0 aliphatic carbocycles. The van der Waals surface area contributed by atoms with Crippen molar-refractivity contribution >= 4 is 23.6 Å². The second kappa shape index (κ2) is 10.3. The highest BCUT2D eigenvalue weighted by molar-refractivity contribution is 6.30. The summed E-state index contributed by atoms with van der Waals surface area (Å²) in [5.41, 5.74) is 2.71. The molecule has 0 radical (unpaired) electrons. The van der Waals surface area contributed by atoms with Crippen molar-refractivity contribution < 1.29 is 18.8 Å². The van der Waals surface area contributed by atoms with E-state index in [1.165, 1.54) is 0 Å². The molecule has 5 rings (SSSR count). The highest BCUT2D eigenvalue weighted by atomic mass is 35.5. The first-order chi connectivity index (χ1) is 17.1. The molecule has 1 amide bonds. The first-order valence-electron chi connectivity index (χ1n) is 11.4. The number of amides is 1. The lowest BCUT2D eigenvalue weighted by molar-refractivity contribution is -0.127. The summed E-state index contributed by atoms with van der Waals surface area (Å²) in [6, 6.07) is 13.0. The number of nitrogens with zero attached hydrogens (tertiary/aromatic N) is 4. The molecule has 0 saturated carbocycles. The molecular formula is C26H25ClN4O4. The summed E-state index contributed by atoms with van der Waals surface area (Å²) in [5.74, 6) is 2.67. The van der Waals surface area contributed by atoms with Crippen molar-refractivity contribution in [1.29, 1.82) is 0 Å². The fourth-order valence-corrected chi connectivity index (χ4v) is 4.22. The van der Waals surface area contributed by atoms with Gasteiger partial charge in [-0.1, -0.05) is 22.8 Å². The molecule has 9 heteroatoms. The number of carbonyl (C=O) groups excluding carboxylic acids is 1. The fourth-order valence-electron chi connectivity index (χ4n) is 4.04. The van der Waals surface area contributed by atoms with Crippen LogP contribution in [0.15, 0.2) is 64.7 Å². The maximum atomic E-state index is 12.7. The number of rotatable bonds is 6. The van der Waals surface area contributed by atoms with E-state index in [0.717, 1.165) is 41.3 Å². The van der Waals surface area contributed by atoms with E-state index in [9.17, 15) is 4.79 Å². The predicted octanol–water partition coefficient (Wildman–Crippen LogP) is 4.08. The standard InChI is InChI=1S/C26H25ClN4O4/c1-33-22-6-3-19(4-7-22)26-28-24(35-29-26)16-30-10-12-31(13-11-30)25(32)9-2-18-14-20-15-21(27)5-8-23(20)34-17-18/h2-9,14-15H,10-13,16-17H2,1H3/b9-2+. The van der Waals surface area contributed by atoms with Crippen LogP contribution in [0.4, 0.5) is 0 Å². The van der Waals surface area contributed by atoms with Gasteiger partial charge in [-0.3, -0.25) is 9.69 Å². The van der Waals surface area contributed by atoms with E-state index in [-0.39, 0.29) is 5.91 Å². The lowest BCUT2D eigenvalue weighted by atomic mass is 10.1. The van der Waals surface area contributed by atoms with Crippen LogP contribution in [0.25, 0.3) is 17.5 Å². The number of hydrogen-bond acceptors (Lipinski definition) is 7. The van der Waals surface area contributed by atoms with Crippen LogP contribution in [0, 0.1) is 0 Å². The van der Waals surface area contributed by atoms with Crippen LogP contribution in [-0.4, -0.2) is 65.7 Å². The molecule has 0 N–H and O–H groups in total. The van der Waals surface area contributed by atoms with Gasteiger partial charge in [0.2, 0.25) is 17.6 Å². The molecule has 8 nitrogen and oxygen atoms in total. The minimum Gasteiger partial charge on any atom is -0.497 e. The number of piperazine rings is 1. The summed E-state index contributed by atoms with van der Waals surface area (Å²) in [7, 11) is 1.63. The summed E-state index contributed by atoms with van der Waals surface area (Å²) in [4.78, 5) is 21.3. The second-order valence-corrected chi connectivity index (χ2v) is 8.80. The molecule has 1 fully saturated rings. The lowest BCUT2D eigenvalue weighted by Gasteiger charge is -2.33. The van der Waals surface area contributed by atoms with E-state index in [1.807, 2.05) is 53.5 Å². The zero-order valence-corrected chi connectivity index (χ0v) is 20.1. The Hall–Kier alpha value is -3.62. The van der Waals surface area contributed by atoms with Crippen molar-refractivity contribution in [2.24, 2.45) is 0 Å². The molecule has 3 heterocycles. The van der Waals surface area contributed by atoms with Crippen LogP contribution in [0.3, 0.4) is 0 Å². The van der Waals surface area contributed by atoms with Crippen LogP contribution in [0.1, 0.15) is 11.5 Å². The predicted molar refractivity (Wildman–Crippen MR) is 132 cm³/mol. The zero-order valence-electron chi connectivity index (χ0n) is 19.3. The number of halogens is 1. The molecule has 2 aliphatic rings. The molecule has 0 unspecified atom stereocenters. The summed E-state index contributed by atoms with van der Waals surface area (Å²) in [5, 5.41) is 4.74. The van der Waals surface area contributed by atoms with Gasteiger partial charge in [0.05, 0.1) is 13.7 Å². The van der Waals surface area contributed by atoms with E-state index >= 15 is 0 Å². The first kappa shape index (κ1) is 23.1. The van der Waals surface area contributed by atoms with E-state index < -0.39 is 0 Å². The van der Waals surface area contributed by atoms with Crippen molar-refractivity contribution in [2.45, 2.75) is 6.54 Å². The Morgan fingerprint density at radius 3 is 2.71 bits per heavy atom. The molecule has 180 valence electrons. The van der Waals surface area contributed by atoms with Crippen LogP contribution >= 0.6 is 11.6 Å². The minimum absolute atomic E-state index is 0.0120. The number of ether oxygens (including phenoxy) is 2. The molecule has 0 atom stereocenters. The lowest BCUT2D eigenvalue weighted by Crippen LogP contribution is -2.47. The van der Waals surface area contributed by atoms with Gasteiger partial charge >= 0.3 is 0 Å². The van der Waals surface area contributed by atoms with Crippen LogP contribution < -0.4 is 9.47 Å². The van der Waals surface area contributed by atoms with Crippen molar-refractivity contribution in [3.63, 3.8) is 0 Å². The second-order valence-electron chi connectivity index (χ2n) is 8.37. The monoisotopic (exact) mass is 492 g/mol. The third-order valence-electron chi connectivity index (χ3n) is 6.01. The Morgan fingerprint density at radius 2 is 1.94 bits per heavy atom. The summed E-state index contributed by atoms with van der Waals surface area (Å²) in [6.07, 6.45) is 5.42. The number of methoxy groups -OCH3 is 1. The molecule has 1 saturated heterocycles. The van der Waals surface area contributed by atoms with Gasteiger partial charge < -0.3 is 18.9 Å². The maximum Gasteiger partial charge on any atom is 0.246 e. The largest absolute Gasteiger partial charge is 0.497 e. The van der Waals surface area contributed by atoms with Crippen molar-refractivity contribution in [1.82, 2.24) is 19.9 Å². The van der Waals surface area contributed by atoms with Gasteiger partial charge in [-0.05, 0) is 54.1 Å². The van der Waals surface area contributed by atoms with Gasteiger partial charge in [0.1, 0.15) is 18.1 Å². The topological polar surface area (TPSA) is 80.9 Å². The average Bonchev–Trinajstić information content (AvgIpc) is 3.36. The van der Waals surface area contributed by atoms with Gasteiger partial charge in [0, 0.05) is 48.4 Å². The Labute approximate surface area is 208 Å². The zero-order chi connectivity index (χ0) is 24.2. The molecule has 0 bridgehead atoms. The van der Waals surface area contributed by atoms with Crippen LogP contribution in [-0.2, 0) is 11.3 Å². The summed E-state index contributed by atoms with van der Waals surface area (Å²) in [6.45, 7) is 3.71.